The molecule has 1 unspecified atom stereocenters. The van der Waals surface area contributed by atoms with E-state index in [9.17, 15) is 10.1 Å². The smallest absolute Gasteiger partial charge is 0.272 e. The van der Waals surface area contributed by atoms with E-state index in [-0.39, 0.29) is 16.0 Å². The van der Waals surface area contributed by atoms with Gasteiger partial charge < -0.3 is 4.74 Å². The first-order valence-corrected chi connectivity index (χ1v) is 5.94. The van der Waals surface area contributed by atoms with Gasteiger partial charge in [0.15, 0.2) is 0 Å². The fourth-order valence-electron chi connectivity index (χ4n) is 1.68. The second-order valence-electron chi connectivity index (χ2n) is 3.83. The zero-order valence-corrected chi connectivity index (χ0v) is 10.5. The minimum Gasteiger partial charge on any atom is -0.383 e. The van der Waals surface area contributed by atoms with Crippen molar-refractivity contribution in [2.24, 2.45) is 0 Å². The van der Waals surface area contributed by atoms with Crippen LogP contribution in [-0.2, 0) is 11.2 Å². The third-order valence-electron chi connectivity index (χ3n) is 2.50. The third-order valence-corrected chi connectivity index (χ3v) is 2.84. The molecule has 0 aliphatic rings. The zero-order valence-electron chi connectivity index (χ0n) is 9.77. The molecule has 0 heterocycles. The van der Waals surface area contributed by atoms with E-state index >= 15 is 0 Å². The van der Waals surface area contributed by atoms with Gasteiger partial charge in [-0.05, 0) is 19.3 Å². The lowest BCUT2D eigenvalue weighted by Gasteiger charge is -2.07. The van der Waals surface area contributed by atoms with Crippen LogP contribution in [0, 0.1) is 10.1 Å². The Morgan fingerprint density at radius 3 is 2.82 bits per heavy atom. The molecule has 0 amide bonds. The highest BCUT2D eigenvalue weighted by Gasteiger charge is 2.12. The van der Waals surface area contributed by atoms with Crippen LogP contribution in [0.5, 0.6) is 0 Å². The lowest BCUT2D eigenvalue weighted by atomic mass is 10.1. The lowest BCUT2D eigenvalue weighted by Crippen LogP contribution is -2.07. The maximum Gasteiger partial charge on any atom is 0.272 e. The quantitative estimate of drug-likeness (QED) is 0.428. The van der Waals surface area contributed by atoms with Crippen molar-refractivity contribution in [3.8, 4) is 0 Å². The summed E-state index contributed by atoms with van der Waals surface area (Å²) < 4.78 is 4.93. The van der Waals surface area contributed by atoms with E-state index < -0.39 is 0 Å². The minimum atomic E-state index is -0.345. The SMILES string of the molecule is COCC(Cl)CCCc1ccccc1[N+](=O)[O-]. The highest BCUT2D eigenvalue weighted by atomic mass is 35.5. The number of methoxy groups -OCH3 is 1. The first-order valence-electron chi connectivity index (χ1n) is 5.50. The van der Waals surface area contributed by atoms with Crippen molar-refractivity contribution < 1.29 is 9.66 Å². The Bertz CT molecular complexity index is 371. The summed E-state index contributed by atoms with van der Waals surface area (Å²) in [5, 5.41) is 10.8. The molecular formula is C12H16ClNO3. The second-order valence-corrected chi connectivity index (χ2v) is 4.45. The summed E-state index contributed by atoms with van der Waals surface area (Å²) in [5.74, 6) is 0. The molecule has 4 nitrogen and oxygen atoms in total. The van der Waals surface area contributed by atoms with Gasteiger partial charge in [-0.25, -0.2) is 0 Å². The van der Waals surface area contributed by atoms with E-state index in [0.29, 0.717) is 13.0 Å². The number of halogens is 1. The van der Waals surface area contributed by atoms with Crippen LogP contribution in [0.2, 0.25) is 0 Å². The van der Waals surface area contributed by atoms with Gasteiger partial charge in [0.2, 0.25) is 0 Å². The molecule has 0 N–H and O–H groups in total. The normalized spacial score (nSPS) is 12.4. The number of benzene rings is 1. The predicted molar refractivity (Wildman–Crippen MR) is 67.6 cm³/mol. The topological polar surface area (TPSA) is 52.4 Å². The Labute approximate surface area is 106 Å². The summed E-state index contributed by atoms with van der Waals surface area (Å²) in [4.78, 5) is 10.4. The number of nitrogens with zero attached hydrogens (tertiary/aromatic N) is 1. The Hall–Kier alpha value is -1.13. The largest absolute Gasteiger partial charge is 0.383 e. The van der Waals surface area contributed by atoms with E-state index in [4.69, 9.17) is 16.3 Å². The molecule has 0 saturated heterocycles. The summed E-state index contributed by atoms with van der Waals surface area (Å²) in [6.07, 6.45) is 2.29. The molecule has 0 radical (unpaired) electrons. The van der Waals surface area contributed by atoms with Crippen LogP contribution in [0.15, 0.2) is 24.3 Å². The van der Waals surface area contributed by atoms with Gasteiger partial charge in [0.05, 0.1) is 16.9 Å². The van der Waals surface area contributed by atoms with Gasteiger partial charge in [-0.15, -0.1) is 11.6 Å². The van der Waals surface area contributed by atoms with Crippen molar-refractivity contribution in [2.75, 3.05) is 13.7 Å². The molecule has 1 aromatic rings. The molecule has 0 spiro atoms. The average molecular weight is 258 g/mol. The fourth-order valence-corrected chi connectivity index (χ4v) is 1.96. The predicted octanol–water partition coefficient (Wildman–Crippen LogP) is 3.17. The molecule has 17 heavy (non-hydrogen) atoms. The average Bonchev–Trinajstić information content (AvgIpc) is 2.30. The zero-order chi connectivity index (χ0) is 12.7. The first-order chi connectivity index (χ1) is 8.15. The molecule has 0 aliphatic carbocycles. The van der Waals surface area contributed by atoms with Crippen LogP contribution in [0.1, 0.15) is 18.4 Å². The van der Waals surface area contributed by atoms with Gasteiger partial charge in [-0.3, -0.25) is 10.1 Å². The van der Waals surface area contributed by atoms with Crippen LogP contribution < -0.4 is 0 Å². The van der Waals surface area contributed by atoms with Crippen molar-refractivity contribution in [2.45, 2.75) is 24.6 Å². The van der Waals surface area contributed by atoms with Crippen molar-refractivity contribution in [3.63, 3.8) is 0 Å². The van der Waals surface area contributed by atoms with E-state index in [2.05, 4.69) is 0 Å². The summed E-state index contributed by atoms with van der Waals surface area (Å²) in [7, 11) is 1.61. The summed E-state index contributed by atoms with van der Waals surface area (Å²) in [5.41, 5.74) is 0.948. The number of hydrogen-bond donors (Lipinski definition) is 0. The Morgan fingerprint density at radius 1 is 1.47 bits per heavy atom. The second kappa shape index (κ2) is 7.25. The van der Waals surface area contributed by atoms with Gasteiger partial charge in [-0.2, -0.15) is 0 Å². The van der Waals surface area contributed by atoms with Crippen molar-refractivity contribution in [1.29, 1.82) is 0 Å². The molecule has 0 aromatic heterocycles. The van der Waals surface area contributed by atoms with Crippen LogP contribution in [0.25, 0.3) is 0 Å². The highest BCUT2D eigenvalue weighted by molar-refractivity contribution is 6.20. The summed E-state index contributed by atoms with van der Waals surface area (Å²) in [6, 6.07) is 6.81. The van der Waals surface area contributed by atoms with Crippen LogP contribution in [0.3, 0.4) is 0 Å². The number of hydrogen-bond acceptors (Lipinski definition) is 3. The third kappa shape index (κ3) is 4.71. The molecule has 1 atom stereocenters. The fraction of sp³-hybridized carbons (Fsp3) is 0.500. The standard InChI is InChI=1S/C12H16ClNO3/c1-17-9-11(13)7-4-6-10-5-2-3-8-12(10)14(15)16/h2-3,5,8,11H,4,6-7,9H2,1H3. The number of nitro groups is 1. The molecule has 0 fully saturated rings. The molecule has 0 bridgehead atoms. The Kier molecular flexibility index (Phi) is 5.94. The van der Waals surface area contributed by atoms with Gasteiger partial charge in [0, 0.05) is 18.7 Å². The number of ether oxygens (including phenoxy) is 1. The summed E-state index contributed by atoms with van der Waals surface area (Å²) in [6.45, 7) is 0.512. The maximum absolute atomic E-state index is 10.8. The Morgan fingerprint density at radius 2 is 2.18 bits per heavy atom. The summed E-state index contributed by atoms with van der Waals surface area (Å²) >= 11 is 5.99. The highest BCUT2D eigenvalue weighted by Crippen LogP contribution is 2.20. The van der Waals surface area contributed by atoms with Crippen LogP contribution in [-0.4, -0.2) is 24.0 Å². The molecule has 1 rings (SSSR count). The maximum atomic E-state index is 10.8. The molecule has 0 saturated carbocycles. The first kappa shape index (κ1) is 13.9. The van der Waals surface area contributed by atoms with Crippen LogP contribution >= 0.6 is 11.6 Å². The molecule has 5 heteroatoms. The molecule has 94 valence electrons. The molecular weight excluding hydrogens is 242 g/mol. The number of alkyl halides is 1. The number of rotatable bonds is 7. The molecule has 0 aliphatic heterocycles. The minimum absolute atomic E-state index is 0.0252. The van der Waals surface area contributed by atoms with E-state index in [0.717, 1.165) is 18.4 Å². The van der Waals surface area contributed by atoms with E-state index in [1.54, 1.807) is 19.2 Å². The van der Waals surface area contributed by atoms with E-state index in [1.165, 1.54) is 6.07 Å². The van der Waals surface area contributed by atoms with Gasteiger partial charge in [-0.1, -0.05) is 18.2 Å². The molecule has 1 aromatic carbocycles. The monoisotopic (exact) mass is 257 g/mol. The van der Waals surface area contributed by atoms with Crippen LogP contribution in [0.4, 0.5) is 5.69 Å². The number of aryl methyl sites for hydroxylation is 1. The van der Waals surface area contributed by atoms with Gasteiger partial charge >= 0.3 is 0 Å². The van der Waals surface area contributed by atoms with Crippen molar-refractivity contribution >= 4 is 17.3 Å². The van der Waals surface area contributed by atoms with Crippen molar-refractivity contribution in [1.82, 2.24) is 0 Å². The van der Waals surface area contributed by atoms with Crippen molar-refractivity contribution in [3.05, 3.63) is 39.9 Å². The Balaban J connectivity index is 2.49. The number of para-hydroxylation sites is 1. The number of nitro benzene ring substituents is 1. The van der Waals surface area contributed by atoms with Gasteiger partial charge in [0.25, 0.3) is 5.69 Å². The van der Waals surface area contributed by atoms with Gasteiger partial charge in [0.1, 0.15) is 0 Å². The van der Waals surface area contributed by atoms with E-state index in [1.807, 2.05) is 6.07 Å². The lowest BCUT2D eigenvalue weighted by molar-refractivity contribution is -0.385.